The number of guanidine groups is 1. The van der Waals surface area contributed by atoms with Gasteiger partial charge in [0.1, 0.15) is 5.82 Å². The summed E-state index contributed by atoms with van der Waals surface area (Å²) in [5, 5.41) is 3.49. The molecule has 0 atom stereocenters. The topological polar surface area (TPSA) is 47.0 Å². The van der Waals surface area contributed by atoms with Crippen molar-refractivity contribution in [1.82, 2.24) is 20.1 Å². The van der Waals surface area contributed by atoms with Gasteiger partial charge in [0.25, 0.3) is 0 Å². The van der Waals surface area contributed by atoms with E-state index in [1.807, 2.05) is 25.4 Å². The third-order valence-electron chi connectivity index (χ3n) is 4.42. The lowest BCUT2D eigenvalue weighted by Crippen LogP contribution is -2.53. The van der Waals surface area contributed by atoms with E-state index in [1.165, 1.54) is 19.5 Å². The standard InChI is InChI=1S/C16H26N6.HI/c1-17-16(19-7-10-20-8-4-9-20)22-13-11-21(12-14-22)15-5-2-3-6-18-15;/h2-3,5-6H,4,7-14H2,1H3,(H,17,19);1H. The summed E-state index contributed by atoms with van der Waals surface area (Å²) in [7, 11) is 1.87. The lowest BCUT2D eigenvalue weighted by molar-refractivity contribution is 0.184. The molecule has 1 aromatic heterocycles. The van der Waals surface area contributed by atoms with Gasteiger partial charge < -0.3 is 20.0 Å². The molecular formula is C16H27IN6. The minimum absolute atomic E-state index is 0. The number of aromatic nitrogens is 1. The molecular weight excluding hydrogens is 403 g/mol. The first-order valence-electron chi connectivity index (χ1n) is 8.21. The molecule has 0 radical (unpaired) electrons. The van der Waals surface area contributed by atoms with E-state index in [-0.39, 0.29) is 24.0 Å². The van der Waals surface area contributed by atoms with E-state index in [4.69, 9.17) is 0 Å². The Labute approximate surface area is 156 Å². The van der Waals surface area contributed by atoms with Crippen molar-refractivity contribution >= 4 is 35.8 Å². The molecule has 0 bridgehead atoms. The lowest BCUT2D eigenvalue weighted by atomic mass is 10.2. The highest BCUT2D eigenvalue weighted by Gasteiger charge is 2.20. The van der Waals surface area contributed by atoms with Crippen LogP contribution < -0.4 is 10.2 Å². The van der Waals surface area contributed by atoms with E-state index in [9.17, 15) is 0 Å². The van der Waals surface area contributed by atoms with Gasteiger partial charge in [0.05, 0.1) is 0 Å². The van der Waals surface area contributed by atoms with Gasteiger partial charge in [-0.2, -0.15) is 0 Å². The molecule has 0 aliphatic carbocycles. The van der Waals surface area contributed by atoms with Crippen LogP contribution in [0.1, 0.15) is 6.42 Å². The Morgan fingerprint density at radius 3 is 2.52 bits per heavy atom. The molecule has 23 heavy (non-hydrogen) atoms. The third kappa shape index (κ3) is 4.94. The Balaban J connectivity index is 0.00000192. The van der Waals surface area contributed by atoms with Crippen molar-refractivity contribution in [2.45, 2.75) is 6.42 Å². The third-order valence-corrected chi connectivity index (χ3v) is 4.42. The molecule has 3 rings (SSSR count). The first-order chi connectivity index (χ1) is 10.9. The Morgan fingerprint density at radius 2 is 1.96 bits per heavy atom. The SMILES string of the molecule is CN=C(NCCN1CCC1)N1CCN(c2ccccn2)CC1.I. The van der Waals surface area contributed by atoms with Crippen molar-refractivity contribution < 1.29 is 0 Å². The molecule has 0 aromatic carbocycles. The van der Waals surface area contributed by atoms with Crippen LogP contribution in [0, 0.1) is 0 Å². The average Bonchev–Trinajstić information content (AvgIpc) is 2.54. The van der Waals surface area contributed by atoms with Crippen LogP contribution >= 0.6 is 24.0 Å². The highest BCUT2D eigenvalue weighted by molar-refractivity contribution is 14.0. The summed E-state index contributed by atoms with van der Waals surface area (Å²) in [5.74, 6) is 2.10. The normalized spacial score (nSPS) is 19.1. The number of hydrogen-bond donors (Lipinski definition) is 1. The van der Waals surface area contributed by atoms with E-state index < -0.39 is 0 Å². The summed E-state index contributed by atoms with van der Waals surface area (Å²) in [6.07, 6.45) is 3.21. The summed E-state index contributed by atoms with van der Waals surface area (Å²) < 4.78 is 0. The Kier molecular flexibility index (Phi) is 7.35. The number of anilines is 1. The fourth-order valence-corrected chi connectivity index (χ4v) is 2.95. The second-order valence-electron chi connectivity index (χ2n) is 5.83. The van der Waals surface area contributed by atoms with Crippen molar-refractivity contribution in [3.05, 3.63) is 24.4 Å². The summed E-state index contributed by atoms with van der Waals surface area (Å²) in [4.78, 5) is 16.0. The number of nitrogens with one attached hydrogen (secondary N) is 1. The molecule has 0 saturated carbocycles. The predicted octanol–water partition coefficient (Wildman–Crippen LogP) is 1.10. The molecule has 0 amide bonds. The van der Waals surface area contributed by atoms with Gasteiger partial charge in [-0.15, -0.1) is 24.0 Å². The molecule has 7 heteroatoms. The van der Waals surface area contributed by atoms with Crippen LogP contribution in [0.25, 0.3) is 0 Å². The second kappa shape index (κ2) is 9.27. The number of likely N-dealkylation sites (tertiary alicyclic amines) is 1. The number of rotatable bonds is 4. The van der Waals surface area contributed by atoms with Crippen molar-refractivity contribution in [2.75, 3.05) is 64.3 Å². The molecule has 6 nitrogen and oxygen atoms in total. The minimum Gasteiger partial charge on any atom is -0.355 e. The fraction of sp³-hybridized carbons (Fsp3) is 0.625. The van der Waals surface area contributed by atoms with E-state index >= 15 is 0 Å². The van der Waals surface area contributed by atoms with E-state index in [0.717, 1.165) is 51.0 Å². The van der Waals surface area contributed by atoms with Crippen LogP contribution in [-0.4, -0.2) is 80.1 Å². The quantitative estimate of drug-likeness (QED) is 0.441. The zero-order valence-corrected chi connectivity index (χ0v) is 16.1. The lowest BCUT2D eigenvalue weighted by Gasteiger charge is -2.37. The zero-order valence-electron chi connectivity index (χ0n) is 13.8. The fourth-order valence-electron chi connectivity index (χ4n) is 2.95. The summed E-state index contributed by atoms with van der Waals surface area (Å²) in [6, 6.07) is 6.09. The molecule has 128 valence electrons. The van der Waals surface area contributed by atoms with Gasteiger partial charge in [-0.05, 0) is 31.6 Å². The van der Waals surface area contributed by atoms with Crippen LogP contribution in [0.5, 0.6) is 0 Å². The number of hydrogen-bond acceptors (Lipinski definition) is 4. The largest absolute Gasteiger partial charge is 0.355 e. The van der Waals surface area contributed by atoms with Gasteiger partial charge >= 0.3 is 0 Å². The van der Waals surface area contributed by atoms with Crippen LogP contribution in [0.2, 0.25) is 0 Å². The van der Waals surface area contributed by atoms with Gasteiger partial charge in [0.15, 0.2) is 5.96 Å². The number of piperazine rings is 1. The maximum absolute atomic E-state index is 4.43. The maximum Gasteiger partial charge on any atom is 0.193 e. The van der Waals surface area contributed by atoms with Gasteiger partial charge in [-0.1, -0.05) is 6.07 Å². The predicted molar refractivity (Wildman–Crippen MR) is 106 cm³/mol. The second-order valence-corrected chi connectivity index (χ2v) is 5.83. The van der Waals surface area contributed by atoms with Crippen LogP contribution in [0.3, 0.4) is 0 Å². The molecule has 2 aliphatic heterocycles. The van der Waals surface area contributed by atoms with Crippen molar-refractivity contribution in [3.63, 3.8) is 0 Å². The number of halogens is 1. The maximum atomic E-state index is 4.43. The highest BCUT2D eigenvalue weighted by Crippen LogP contribution is 2.12. The van der Waals surface area contributed by atoms with Gasteiger partial charge in [-0.25, -0.2) is 4.98 Å². The molecule has 3 heterocycles. The van der Waals surface area contributed by atoms with E-state index in [1.54, 1.807) is 0 Å². The van der Waals surface area contributed by atoms with Gasteiger partial charge in [-0.3, -0.25) is 4.99 Å². The Hall–Kier alpha value is -1.09. The average molecular weight is 430 g/mol. The van der Waals surface area contributed by atoms with E-state index in [2.05, 4.69) is 36.1 Å². The Morgan fingerprint density at radius 1 is 1.17 bits per heavy atom. The van der Waals surface area contributed by atoms with Crippen LogP contribution in [0.15, 0.2) is 29.4 Å². The molecule has 2 aliphatic rings. The van der Waals surface area contributed by atoms with Crippen molar-refractivity contribution in [3.8, 4) is 0 Å². The number of pyridine rings is 1. The number of nitrogens with zero attached hydrogens (tertiary/aromatic N) is 5. The van der Waals surface area contributed by atoms with Crippen molar-refractivity contribution in [1.29, 1.82) is 0 Å². The van der Waals surface area contributed by atoms with Crippen LogP contribution in [0.4, 0.5) is 5.82 Å². The Bertz CT molecular complexity index is 483. The van der Waals surface area contributed by atoms with Crippen LogP contribution in [-0.2, 0) is 0 Å². The molecule has 1 N–H and O–H groups in total. The highest BCUT2D eigenvalue weighted by atomic mass is 127. The molecule has 2 fully saturated rings. The van der Waals surface area contributed by atoms with Gasteiger partial charge in [0.2, 0.25) is 0 Å². The summed E-state index contributed by atoms with van der Waals surface area (Å²) >= 11 is 0. The molecule has 2 saturated heterocycles. The molecule has 0 spiro atoms. The summed E-state index contributed by atoms with van der Waals surface area (Å²) in [6.45, 7) is 8.56. The zero-order chi connectivity index (χ0) is 15.2. The summed E-state index contributed by atoms with van der Waals surface area (Å²) in [5.41, 5.74) is 0. The van der Waals surface area contributed by atoms with E-state index in [0.29, 0.717) is 0 Å². The molecule has 0 unspecified atom stereocenters. The first-order valence-corrected chi connectivity index (χ1v) is 8.21. The van der Waals surface area contributed by atoms with Gasteiger partial charge in [0, 0.05) is 52.5 Å². The number of aliphatic imine (C=N–C) groups is 1. The first kappa shape index (κ1) is 18.3. The monoisotopic (exact) mass is 430 g/mol. The van der Waals surface area contributed by atoms with Crippen molar-refractivity contribution in [2.24, 2.45) is 4.99 Å². The minimum atomic E-state index is 0. The smallest absolute Gasteiger partial charge is 0.193 e. The molecule has 1 aromatic rings.